The molecular formula is C15H20ClNO. The van der Waals surface area contributed by atoms with E-state index in [-0.39, 0.29) is 11.6 Å². The smallest absolute Gasteiger partial charge is 0.0564 e. The highest BCUT2D eigenvalue weighted by Crippen LogP contribution is 2.47. The summed E-state index contributed by atoms with van der Waals surface area (Å²) < 4.78 is 0. The molecule has 2 aliphatic rings. The Morgan fingerprint density at radius 3 is 2.22 bits per heavy atom. The molecule has 1 heterocycles. The third-order valence-electron chi connectivity index (χ3n) is 4.63. The summed E-state index contributed by atoms with van der Waals surface area (Å²) in [6, 6.07) is 8.34. The maximum absolute atomic E-state index is 9.65. The summed E-state index contributed by atoms with van der Waals surface area (Å²) in [6.07, 6.45) is 5.52. The molecule has 0 spiro atoms. The van der Waals surface area contributed by atoms with E-state index in [1.54, 1.807) is 0 Å². The Balaban J connectivity index is 1.83. The average Bonchev–Trinajstić information content (AvgIpc) is 2.32. The summed E-state index contributed by atoms with van der Waals surface area (Å²) in [5.74, 6) is 0. The van der Waals surface area contributed by atoms with Crippen molar-refractivity contribution in [1.82, 2.24) is 4.90 Å². The van der Waals surface area contributed by atoms with Crippen molar-refractivity contribution in [3.05, 3.63) is 34.9 Å². The third kappa shape index (κ3) is 2.07. The van der Waals surface area contributed by atoms with Gasteiger partial charge >= 0.3 is 0 Å². The molecule has 2 nitrogen and oxygen atoms in total. The fourth-order valence-corrected chi connectivity index (χ4v) is 3.48. The van der Waals surface area contributed by atoms with Crippen LogP contribution < -0.4 is 0 Å². The van der Waals surface area contributed by atoms with Crippen LogP contribution in [0.15, 0.2) is 24.3 Å². The number of hydrogen-bond acceptors (Lipinski definition) is 2. The van der Waals surface area contributed by atoms with Crippen molar-refractivity contribution < 1.29 is 5.11 Å². The molecule has 1 N–H and O–H groups in total. The molecule has 1 saturated carbocycles. The van der Waals surface area contributed by atoms with Crippen LogP contribution in [0, 0.1) is 0 Å². The molecule has 0 atom stereocenters. The molecule has 3 rings (SSSR count). The molecule has 0 amide bonds. The molecule has 0 bridgehead atoms. The Labute approximate surface area is 114 Å². The molecule has 2 fully saturated rings. The number of nitrogens with zero attached hydrogens (tertiary/aromatic N) is 1. The predicted octanol–water partition coefficient (Wildman–Crippen LogP) is 3.18. The maximum atomic E-state index is 9.65. The number of likely N-dealkylation sites (tertiary alicyclic amines) is 1. The van der Waals surface area contributed by atoms with Gasteiger partial charge in [-0.1, -0.05) is 23.7 Å². The molecule has 0 radical (unpaired) electrons. The molecule has 3 heteroatoms. The summed E-state index contributed by atoms with van der Waals surface area (Å²) >= 11 is 5.98. The van der Waals surface area contributed by atoms with Crippen LogP contribution in [0.1, 0.15) is 37.7 Å². The van der Waals surface area contributed by atoms with E-state index in [1.807, 2.05) is 12.1 Å². The van der Waals surface area contributed by atoms with Gasteiger partial charge in [0.2, 0.25) is 0 Å². The fraction of sp³-hybridized carbons (Fsp3) is 0.600. The van der Waals surface area contributed by atoms with E-state index >= 15 is 0 Å². The minimum atomic E-state index is -0.0939. The van der Waals surface area contributed by atoms with Gasteiger partial charge in [0.05, 0.1) is 6.10 Å². The Hall–Kier alpha value is -0.570. The zero-order chi connectivity index (χ0) is 12.6. The van der Waals surface area contributed by atoms with E-state index in [0.29, 0.717) is 0 Å². The first-order valence-electron chi connectivity index (χ1n) is 6.90. The van der Waals surface area contributed by atoms with Crippen molar-refractivity contribution in [3.63, 3.8) is 0 Å². The number of rotatable bonds is 2. The van der Waals surface area contributed by atoms with Crippen molar-refractivity contribution in [2.45, 2.75) is 43.7 Å². The van der Waals surface area contributed by atoms with Gasteiger partial charge in [-0.05, 0) is 49.8 Å². The molecule has 1 aromatic rings. The van der Waals surface area contributed by atoms with E-state index < -0.39 is 0 Å². The molecule has 1 saturated heterocycles. The summed E-state index contributed by atoms with van der Waals surface area (Å²) in [6.45, 7) is 2.04. The first-order valence-corrected chi connectivity index (χ1v) is 7.28. The van der Waals surface area contributed by atoms with E-state index in [9.17, 15) is 5.11 Å². The van der Waals surface area contributed by atoms with Gasteiger partial charge in [0, 0.05) is 23.7 Å². The highest BCUT2D eigenvalue weighted by molar-refractivity contribution is 6.30. The normalized spacial score (nSPS) is 24.8. The quantitative estimate of drug-likeness (QED) is 0.888. The van der Waals surface area contributed by atoms with Crippen LogP contribution in [0.2, 0.25) is 5.02 Å². The van der Waals surface area contributed by atoms with Crippen LogP contribution in [0.3, 0.4) is 0 Å². The number of benzene rings is 1. The molecule has 98 valence electrons. The van der Waals surface area contributed by atoms with Gasteiger partial charge in [-0.2, -0.15) is 0 Å². The Morgan fingerprint density at radius 2 is 1.72 bits per heavy atom. The summed E-state index contributed by atoms with van der Waals surface area (Å²) in [5.41, 5.74) is 1.62. The second-order valence-electron chi connectivity index (χ2n) is 5.61. The van der Waals surface area contributed by atoms with Crippen LogP contribution in [0.25, 0.3) is 0 Å². The first kappa shape index (κ1) is 12.5. The number of halogens is 1. The summed E-state index contributed by atoms with van der Waals surface area (Å²) in [4.78, 5) is 2.58. The topological polar surface area (TPSA) is 23.5 Å². The second kappa shape index (κ2) is 4.84. The van der Waals surface area contributed by atoms with Gasteiger partial charge < -0.3 is 5.11 Å². The number of aliphatic hydroxyl groups excluding tert-OH is 1. The standard InChI is InChI=1S/C15H20ClNO/c16-13-4-2-12(3-5-13)15(8-1-9-15)17-10-6-14(18)7-11-17/h2-5,14,18H,1,6-11H2. The molecule has 0 aromatic heterocycles. The number of hydrogen-bond donors (Lipinski definition) is 1. The monoisotopic (exact) mass is 265 g/mol. The van der Waals surface area contributed by atoms with Crippen LogP contribution in [0.4, 0.5) is 0 Å². The van der Waals surface area contributed by atoms with Crippen LogP contribution >= 0.6 is 11.6 Å². The summed E-state index contributed by atoms with van der Waals surface area (Å²) in [5, 5.41) is 10.5. The van der Waals surface area contributed by atoms with Crippen molar-refractivity contribution >= 4 is 11.6 Å². The van der Waals surface area contributed by atoms with Gasteiger partial charge in [0.1, 0.15) is 0 Å². The van der Waals surface area contributed by atoms with E-state index in [2.05, 4.69) is 17.0 Å². The lowest BCUT2D eigenvalue weighted by Crippen LogP contribution is -2.54. The highest BCUT2D eigenvalue weighted by atomic mass is 35.5. The molecule has 1 aromatic carbocycles. The molecule has 18 heavy (non-hydrogen) atoms. The zero-order valence-corrected chi connectivity index (χ0v) is 11.4. The number of aliphatic hydroxyl groups is 1. The maximum Gasteiger partial charge on any atom is 0.0564 e. The van der Waals surface area contributed by atoms with Crippen molar-refractivity contribution in [2.24, 2.45) is 0 Å². The van der Waals surface area contributed by atoms with Gasteiger partial charge in [-0.3, -0.25) is 4.90 Å². The van der Waals surface area contributed by atoms with Crippen LogP contribution in [-0.4, -0.2) is 29.2 Å². The van der Waals surface area contributed by atoms with Crippen LogP contribution in [-0.2, 0) is 5.54 Å². The van der Waals surface area contributed by atoms with Crippen LogP contribution in [0.5, 0.6) is 0 Å². The van der Waals surface area contributed by atoms with Gasteiger partial charge in [0.15, 0.2) is 0 Å². The minimum Gasteiger partial charge on any atom is -0.393 e. The van der Waals surface area contributed by atoms with Gasteiger partial charge in [-0.15, -0.1) is 0 Å². The van der Waals surface area contributed by atoms with E-state index in [0.717, 1.165) is 31.0 Å². The van der Waals surface area contributed by atoms with E-state index in [4.69, 9.17) is 11.6 Å². The third-order valence-corrected chi connectivity index (χ3v) is 4.88. The molecule has 1 aliphatic carbocycles. The van der Waals surface area contributed by atoms with E-state index in [1.165, 1.54) is 24.8 Å². The average molecular weight is 266 g/mol. The van der Waals surface area contributed by atoms with Crippen molar-refractivity contribution in [3.8, 4) is 0 Å². The first-order chi connectivity index (χ1) is 8.71. The number of piperidine rings is 1. The van der Waals surface area contributed by atoms with Crippen molar-refractivity contribution in [1.29, 1.82) is 0 Å². The second-order valence-corrected chi connectivity index (χ2v) is 6.05. The van der Waals surface area contributed by atoms with Gasteiger partial charge in [0.25, 0.3) is 0 Å². The highest BCUT2D eigenvalue weighted by Gasteiger charge is 2.44. The van der Waals surface area contributed by atoms with Crippen molar-refractivity contribution in [2.75, 3.05) is 13.1 Å². The Bertz CT molecular complexity index is 405. The Morgan fingerprint density at radius 1 is 1.11 bits per heavy atom. The molecule has 1 aliphatic heterocycles. The van der Waals surface area contributed by atoms with Gasteiger partial charge in [-0.25, -0.2) is 0 Å². The lowest BCUT2D eigenvalue weighted by atomic mass is 9.70. The molecule has 0 unspecified atom stereocenters. The largest absolute Gasteiger partial charge is 0.393 e. The SMILES string of the molecule is OC1CCN(C2(c3ccc(Cl)cc3)CCC2)CC1. The lowest BCUT2D eigenvalue weighted by Gasteiger charge is -2.52. The summed E-state index contributed by atoms with van der Waals surface area (Å²) in [7, 11) is 0. The zero-order valence-electron chi connectivity index (χ0n) is 10.6. The molecular weight excluding hydrogens is 246 g/mol. The fourth-order valence-electron chi connectivity index (χ4n) is 3.35. The Kier molecular flexibility index (Phi) is 3.35. The minimum absolute atomic E-state index is 0.0939. The predicted molar refractivity (Wildman–Crippen MR) is 73.8 cm³/mol. The lowest BCUT2D eigenvalue weighted by molar-refractivity contribution is -0.0312.